The van der Waals surface area contributed by atoms with Crippen LogP contribution in [0, 0.1) is 0 Å². The van der Waals surface area contributed by atoms with Crippen molar-refractivity contribution in [2.24, 2.45) is 5.73 Å². The number of rotatable bonds is 5. The molecule has 1 aromatic carbocycles. The zero-order chi connectivity index (χ0) is 11.8. The van der Waals surface area contributed by atoms with Gasteiger partial charge in [-0.25, -0.2) is 4.79 Å². The van der Waals surface area contributed by atoms with Crippen LogP contribution in [-0.2, 0) is 16.0 Å². The van der Waals surface area contributed by atoms with Gasteiger partial charge in [-0.2, -0.15) is 0 Å². The Hall–Kier alpha value is -1.32. The number of hydrogen-bond donors (Lipinski definition) is 1. The summed E-state index contributed by atoms with van der Waals surface area (Å²) in [4.78, 5) is 11.1. The molecule has 1 aromatic rings. The Morgan fingerprint density at radius 3 is 2.88 bits per heavy atom. The highest BCUT2D eigenvalue weighted by Gasteiger charge is 1.95. The lowest BCUT2D eigenvalue weighted by Gasteiger charge is -2.00. The summed E-state index contributed by atoms with van der Waals surface area (Å²) in [6.07, 6.45) is 4.03. The van der Waals surface area contributed by atoms with E-state index in [2.05, 4.69) is 0 Å². The Morgan fingerprint density at radius 2 is 2.24 bits per heavy atom. The van der Waals surface area contributed by atoms with Gasteiger partial charge in [-0.3, -0.25) is 0 Å². The molecule has 17 heavy (non-hydrogen) atoms. The second-order valence-corrected chi connectivity index (χ2v) is 3.37. The van der Waals surface area contributed by atoms with Crippen LogP contribution in [0.5, 0.6) is 0 Å². The molecule has 2 N–H and O–H groups in total. The maximum atomic E-state index is 11.1. The molecular formula is C13H18ClNO2. The van der Waals surface area contributed by atoms with Crippen molar-refractivity contribution in [3.05, 3.63) is 41.5 Å². The van der Waals surface area contributed by atoms with Gasteiger partial charge >= 0.3 is 5.97 Å². The van der Waals surface area contributed by atoms with Gasteiger partial charge in [-0.1, -0.05) is 24.3 Å². The lowest BCUT2D eigenvalue weighted by molar-refractivity contribution is -0.137. The quantitative estimate of drug-likeness (QED) is 0.648. The molecule has 0 amide bonds. The molecule has 0 saturated carbocycles. The molecule has 94 valence electrons. The van der Waals surface area contributed by atoms with Crippen LogP contribution < -0.4 is 5.73 Å². The highest BCUT2D eigenvalue weighted by atomic mass is 35.5. The first-order valence-corrected chi connectivity index (χ1v) is 5.40. The summed E-state index contributed by atoms with van der Waals surface area (Å²) < 4.78 is 4.80. The minimum atomic E-state index is -0.313. The van der Waals surface area contributed by atoms with Crippen LogP contribution >= 0.6 is 12.4 Å². The van der Waals surface area contributed by atoms with E-state index in [9.17, 15) is 4.79 Å². The topological polar surface area (TPSA) is 52.3 Å². The van der Waals surface area contributed by atoms with Crippen molar-refractivity contribution in [2.45, 2.75) is 13.3 Å². The molecule has 0 unspecified atom stereocenters. The fourth-order valence-corrected chi connectivity index (χ4v) is 1.37. The van der Waals surface area contributed by atoms with E-state index in [1.54, 1.807) is 13.0 Å². The molecule has 1 rings (SSSR count). The van der Waals surface area contributed by atoms with Gasteiger partial charge in [-0.15, -0.1) is 12.4 Å². The van der Waals surface area contributed by atoms with Crippen molar-refractivity contribution in [3.63, 3.8) is 0 Å². The highest BCUT2D eigenvalue weighted by Crippen LogP contribution is 2.07. The van der Waals surface area contributed by atoms with Crippen LogP contribution in [-0.4, -0.2) is 19.1 Å². The summed E-state index contributed by atoms with van der Waals surface area (Å²) in [5, 5.41) is 0. The Balaban J connectivity index is 0.00000256. The average molecular weight is 256 g/mol. The van der Waals surface area contributed by atoms with Crippen molar-refractivity contribution < 1.29 is 9.53 Å². The molecule has 0 saturated heterocycles. The number of nitrogens with two attached hydrogens (primary N) is 1. The molecular weight excluding hydrogens is 238 g/mol. The van der Waals surface area contributed by atoms with E-state index in [-0.39, 0.29) is 18.4 Å². The zero-order valence-corrected chi connectivity index (χ0v) is 10.7. The van der Waals surface area contributed by atoms with Crippen LogP contribution in [0.3, 0.4) is 0 Å². The van der Waals surface area contributed by atoms with Crippen molar-refractivity contribution in [2.75, 3.05) is 13.2 Å². The minimum absolute atomic E-state index is 0. The van der Waals surface area contributed by atoms with Crippen molar-refractivity contribution >= 4 is 24.5 Å². The second-order valence-electron chi connectivity index (χ2n) is 3.37. The third kappa shape index (κ3) is 6.09. The highest BCUT2D eigenvalue weighted by molar-refractivity contribution is 5.87. The van der Waals surface area contributed by atoms with E-state index in [1.165, 1.54) is 11.6 Å². The van der Waals surface area contributed by atoms with E-state index in [0.717, 1.165) is 12.0 Å². The van der Waals surface area contributed by atoms with E-state index < -0.39 is 0 Å². The third-order valence-corrected chi connectivity index (χ3v) is 2.08. The third-order valence-electron chi connectivity index (χ3n) is 2.08. The predicted molar refractivity (Wildman–Crippen MR) is 72.1 cm³/mol. The number of ether oxygens (including phenoxy) is 1. The maximum absolute atomic E-state index is 11.1. The Morgan fingerprint density at radius 1 is 1.47 bits per heavy atom. The first-order chi connectivity index (χ1) is 7.76. The number of halogens is 1. The average Bonchev–Trinajstić information content (AvgIpc) is 2.28. The van der Waals surface area contributed by atoms with Crippen molar-refractivity contribution in [1.29, 1.82) is 0 Å². The smallest absolute Gasteiger partial charge is 0.330 e. The zero-order valence-electron chi connectivity index (χ0n) is 9.89. The number of esters is 1. The van der Waals surface area contributed by atoms with E-state index in [1.807, 2.05) is 24.3 Å². The van der Waals surface area contributed by atoms with Crippen LogP contribution in [0.2, 0.25) is 0 Å². The summed E-state index contributed by atoms with van der Waals surface area (Å²) in [6, 6.07) is 7.93. The van der Waals surface area contributed by atoms with Crippen LogP contribution in [0.1, 0.15) is 18.1 Å². The Labute approximate surface area is 108 Å². The fourth-order valence-electron chi connectivity index (χ4n) is 1.37. The van der Waals surface area contributed by atoms with Gasteiger partial charge in [0.2, 0.25) is 0 Å². The summed E-state index contributed by atoms with van der Waals surface area (Å²) in [6.45, 7) is 2.81. The molecule has 0 fully saturated rings. The predicted octanol–water partition coefficient (Wildman–Crippen LogP) is 2.19. The molecule has 4 heteroatoms. The molecule has 0 heterocycles. The SMILES string of the molecule is CCOC(=O)C=Cc1cccc(CCN)c1.Cl. The van der Waals surface area contributed by atoms with Gasteiger partial charge in [0.25, 0.3) is 0 Å². The summed E-state index contributed by atoms with van der Waals surface area (Å²) >= 11 is 0. The molecule has 0 aliphatic carbocycles. The largest absolute Gasteiger partial charge is 0.463 e. The molecule has 3 nitrogen and oxygen atoms in total. The van der Waals surface area contributed by atoms with Crippen LogP contribution in [0.25, 0.3) is 6.08 Å². The van der Waals surface area contributed by atoms with Crippen molar-refractivity contribution in [1.82, 2.24) is 0 Å². The number of benzene rings is 1. The number of carbonyl (C=O) groups excluding carboxylic acids is 1. The van der Waals surface area contributed by atoms with Gasteiger partial charge in [0.05, 0.1) is 6.61 Å². The molecule has 0 aliphatic heterocycles. The lowest BCUT2D eigenvalue weighted by Crippen LogP contribution is -2.02. The number of hydrogen-bond acceptors (Lipinski definition) is 3. The normalized spacial score (nSPS) is 10.0. The van der Waals surface area contributed by atoms with E-state index >= 15 is 0 Å². The Bertz CT molecular complexity index is 377. The van der Waals surface area contributed by atoms with E-state index in [4.69, 9.17) is 10.5 Å². The second kappa shape index (κ2) is 8.79. The first-order valence-electron chi connectivity index (χ1n) is 5.40. The fraction of sp³-hybridized carbons (Fsp3) is 0.308. The minimum Gasteiger partial charge on any atom is -0.463 e. The summed E-state index contributed by atoms with van der Waals surface area (Å²) in [5.41, 5.74) is 7.64. The first kappa shape index (κ1) is 15.7. The number of carbonyl (C=O) groups is 1. The summed E-state index contributed by atoms with van der Waals surface area (Å²) in [7, 11) is 0. The van der Waals surface area contributed by atoms with Gasteiger partial charge in [0.15, 0.2) is 0 Å². The van der Waals surface area contributed by atoms with Gasteiger partial charge in [0, 0.05) is 6.08 Å². The monoisotopic (exact) mass is 255 g/mol. The van der Waals surface area contributed by atoms with Crippen LogP contribution in [0.15, 0.2) is 30.3 Å². The Kier molecular flexibility index (Phi) is 8.11. The standard InChI is InChI=1S/C13H17NO2.ClH/c1-2-16-13(15)7-6-11-4-3-5-12(10-11)8-9-14;/h3-7,10H,2,8-9,14H2,1H3;1H. The molecule has 0 atom stereocenters. The van der Waals surface area contributed by atoms with E-state index in [0.29, 0.717) is 13.2 Å². The van der Waals surface area contributed by atoms with Gasteiger partial charge in [-0.05, 0) is 37.1 Å². The van der Waals surface area contributed by atoms with Gasteiger partial charge < -0.3 is 10.5 Å². The molecule has 0 aromatic heterocycles. The van der Waals surface area contributed by atoms with Crippen molar-refractivity contribution in [3.8, 4) is 0 Å². The van der Waals surface area contributed by atoms with Crippen LogP contribution in [0.4, 0.5) is 0 Å². The van der Waals surface area contributed by atoms with Gasteiger partial charge in [0.1, 0.15) is 0 Å². The lowest BCUT2D eigenvalue weighted by atomic mass is 10.1. The maximum Gasteiger partial charge on any atom is 0.330 e. The molecule has 0 aliphatic rings. The molecule has 0 spiro atoms. The summed E-state index contributed by atoms with van der Waals surface area (Å²) in [5.74, 6) is -0.313. The molecule has 0 radical (unpaired) electrons. The molecule has 0 bridgehead atoms.